The minimum absolute atomic E-state index is 0.0476. The van der Waals surface area contributed by atoms with E-state index in [4.69, 9.17) is 9.47 Å². The molecule has 0 bridgehead atoms. The highest BCUT2D eigenvalue weighted by atomic mass is 16.6. The molecule has 1 N–H and O–H groups in total. The maximum Gasteiger partial charge on any atom is 0.339 e. The Morgan fingerprint density at radius 1 is 1.16 bits per heavy atom. The molecule has 0 aromatic heterocycles. The molecule has 0 aliphatic heterocycles. The molecule has 0 radical (unpaired) electrons. The predicted molar refractivity (Wildman–Crippen MR) is 89.7 cm³/mol. The van der Waals surface area contributed by atoms with E-state index >= 15 is 0 Å². The number of rotatable bonds is 6. The highest BCUT2D eigenvalue weighted by Gasteiger charge is 2.19. The Hall–Kier alpha value is -3.42. The van der Waals surface area contributed by atoms with Crippen molar-refractivity contribution in [2.24, 2.45) is 0 Å². The monoisotopic (exact) mass is 344 g/mol. The molecule has 0 fully saturated rings. The topological polar surface area (TPSA) is 108 Å². The number of nitrogens with one attached hydrogen (secondary N) is 1. The molecule has 2 aromatic carbocycles. The minimum Gasteiger partial charge on any atom is -0.497 e. The Morgan fingerprint density at radius 2 is 1.84 bits per heavy atom. The molecule has 0 saturated heterocycles. The van der Waals surface area contributed by atoms with Crippen molar-refractivity contribution in [1.29, 1.82) is 0 Å². The summed E-state index contributed by atoms with van der Waals surface area (Å²) in [5.74, 6) is -0.682. The zero-order valence-electron chi connectivity index (χ0n) is 13.6. The Labute approximate surface area is 143 Å². The average Bonchev–Trinajstić information content (AvgIpc) is 2.60. The smallest absolute Gasteiger partial charge is 0.339 e. The number of carbonyl (C=O) groups excluding carboxylic acids is 2. The molecule has 0 aliphatic rings. The van der Waals surface area contributed by atoms with Gasteiger partial charge in [0.15, 0.2) is 6.61 Å². The third kappa shape index (κ3) is 4.54. The molecule has 0 heterocycles. The molecule has 0 unspecified atom stereocenters. The number of benzene rings is 2. The Balaban J connectivity index is 1.96. The zero-order chi connectivity index (χ0) is 18.4. The molecular weight excluding hydrogens is 328 g/mol. The lowest BCUT2D eigenvalue weighted by molar-refractivity contribution is -0.385. The fourth-order valence-electron chi connectivity index (χ4n) is 2.12. The van der Waals surface area contributed by atoms with Gasteiger partial charge in [0.05, 0.1) is 17.6 Å². The number of nitrogens with zero attached hydrogens (tertiary/aromatic N) is 1. The highest BCUT2D eigenvalue weighted by molar-refractivity contribution is 5.96. The number of nitro groups is 1. The first-order chi connectivity index (χ1) is 11.9. The second-order valence-corrected chi connectivity index (χ2v) is 5.06. The van der Waals surface area contributed by atoms with E-state index in [2.05, 4.69) is 5.32 Å². The van der Waals surface area contributed by atoms with Crippen molar-refractivity contribution >= 4 is 23.3 Å². The first-order valence-electron chi connectivity index (χ1n) is 7.27. The Morgan fingerprint density at radius 3 is 2.44 bits per heavy atom. The van der Waals surface area contributed by atoms with E-state index in [0.717, 1.165) is 0 Å². The van der Waals surface area contributed by atoms with Crippen molar-refractivity contribution in [2.75, 3.05) is 19.0 Å². The van der Waals surface area contributed by atoms with E-state index in [1.807, 2.05) is 0 Å². The van der Waals surface area contributed by atoms with Crippen molar-refractivity contribution in [3.8, 4) is 5.75 Å². The van der Waals surface area contributed by atoms with Gasteiger partial charge in [0.25, 0.3) is 11.6 Å². The fourth-order valence-corrected chi connectivity index (χ4v) is 2.12. The summed E-state index contributed by atoms with van der Waals surface area (Å²) < 4.78 is 9.93. The van der Waals surface area contributed by atoms with Gasteiger partial charge >= 0.3 is 5.97 Å². The third-order valence-corrected chi connectivity index (χ3v) is 3.43. The average molecular weight is 344 g/mol. The van der Waals surface area contributed by atoms with Crippen LogP contribution in [0.4, 0.5) is 11.4 Å². The molecule has 8 heteroatoms. The van der Waals surface area contributed by atoms with Gasteiger partial charge in [0, 0.05) is 17.3 Å². The van der Waals surface area contributed by atoms with Crippen LogP contribution < -0.4 is 10.1 Å². The van der Waals surface area contributed by atoms with Gasteiger partial charge in [0.2, 0.25) is 0 Å². The van der Waals surface area contributed by atoms with E-state index in [-0.39, 0.29) is 16.8 Å². The van der Waals surface area contributed by atoms with E-state index in [9.17, 15) is 19.7 Å². The number of nitro benzene ring substituents is 1. The minimum atomic E-state index is -0.800. The molecular formula is C17H16N2O6. The largest absolute Gasteiger partial charge is 0.497 e. The Kier molecular flexibility index (Phi) is 5.67. The van der Waals surface area contributed by atoms with Gasteiger partial charge in [-0.05, 0) is 37.3 Å². The van der Waals surface area contributed by atoms with Gasteiger partial charge in [-0.25, -0.2) is 4.79 Å². The molecule has 0 aliphatic carbocycles. The highest BCUT2D eigenvalue weighted by Crippen LogP contribution is 2.21. The number of amides is 1. The molecule has 1 amide bonds. The van der Waals surface area contributed by atoms with Gasteiger partial charge in [-0.15, -0.1) is 0 Å². The van der Waals surface area contributed by atoms with Crippen LogP contribution in [0.15, 0.2) is 42.5 Å². The summed E-state index contributed by atoms with van der Waals surface area (Å²) in [5, 5.41) is 13.5. The van der Waals surface area contributed by atoms with Gasteiger partial charge in [0.1, 0.15) is 5.75 Å². The second kappa shape index (κ2) is 7.91. The normalized spacial score (nSPS) is 10.0. The van der Waals surface area contributed by atoms with Gasteiger partial charge in [-0.3, -0.25) is 14.9 Å². The van der Waals surface area contributed by atoms with Crippen LogP contribution >= 0.6 is 0 Å². The van der Waals surface area contributed by atoms with Crippen LogP contribution in [0.25, 0.3) is 0 Å². The summed E-state index contributed by atoms with van der Waals surface area (Å²) in [5.41, 5.74) is 0.574. The maximum absolute atomic E-state index is 12.0. The molecule has 8 nitrogen and oxygen atoms in total. The van der Waals surface area contributed by atoms with E-state index < -0.39 is 23.4 Å². The summed E-state index contributed by atoms with van der Waals surface area (Å²) in [6, 6.07) is 10.7. The number of esters is 1. The van der Waals surface area contributed by atoms with Crippen molar-refractivity contribution < 1.29 is 24.0 Å². The molecule has 0 spiro atoms. The number of anilines is 1. The fraction of sp³-hybridized carbons (Fsp3) is 0.176. The van der Waals surface area contributed by atoms with E-state index in [1.54, 1.807) is 24.3 Å². The number of ether oxygens (including phenoxy) is 2. The van der Waals surface area contributed by atoms with Crippen LogP contribution in [0.5, 0.6) is 5.75 Å². The zero-order valence-corrected chi connectivity index (χ0v) is 13.6. The lowest BCUT2D eigenvalue weighted by Gasteiger charge is -2.08. The van der Waals surface area contributed by atoms with Gasteiger partial charge in [-0.1, -0.05) is 6.07 Å². The van der Waals surface area contributed by atoms with Crippen molar-refractivity contribution in [1.82, 2.24) is 0 Å². The van der Waals surface area contributed by atoms with Crippen LogP contribution in [0.3, 0.4) is 0 Å². The van der Waals surface area contributed by atoms with Crippen LogP contribution in [-0.2, 0) is 9.53 Å². The molecule has 25 heavy (non-hydrogen) atoms. The summed E-state index contributed by atoms with van der Waals surface area (Å²) in [4.78, 5) is 34.2. The lowest BCUT2D eigenvalue weighted by atomic mass is 10.1. The van der Waals surface area contributed by atoms with Crippen LogP contribution in [0.1, 0.15) is 15.9 Å². The number of hydrogen-bond acceptors (Lipinski definition) is 6. The van der Waals surface area contributed by atoms with E-state index in [0.29, 0.717) is 11.4 Å². The molecule has 2 rings (SSSR count). The van der Waals surface area contributed by atoms with Gasteiger partial charge < -0.3 is 14.8 Å². The van der Waals surface area contributed by atoms with Gasteiger partial charge in [-0.2, -0.15) is 0 Å². The molecule has 0 saturated carbocycles. The Bertz CT molecular complexity index is 801. The van der Waals surface area contributed by atoms with Crippen molar-refractivity contribution in [3.63, 3.8) is 0 Å². The predicted octanol–water partition coefficient (Wildman–Crippen LogP) is 2.71. The van der Waals surface area contributed by atoms with Crippen molar-refractivity contribution in [3.05, 3.63) is 63.7 Å². The molecule has 2 aromatic rings. The maximum atomic E-state index is 12.0. The number of hydrogen-bond donors (Lipinski definition) is 1. The van der Waals surface area contributed by atoms with Crippen LogP contribution in [0.2, 0.25) is 0 Å². The van der Waals surface area contributed by atoms with E-state index in [1.165, 1.54) is 32.2 Å². The first kappa shape index (κ1) is 17.9. The van der Waals surface area contributed by atoms with Crippen LogP contribution in [0, 0.1) is 17.0 Å². The SMILES string of the molecule is COc1ccc(NC(=O)COC(=O)c2cccc([N+](=O)[O-])c2C)cc1. The molecule has 130 valence electrons. The lowest BCUT2D eigenvalue weighted by Crippen LogP contribution is -2.21. The second-order valence-electron chi connectivity index (χ2n) is 5.06. The summed E-state index contributed by atoms with van der Waals surface area (Å²) >= 11 is 0. The quantitative estimate of drug-likeness (QED) is 0.490. The number of carbonyl (C=O) groups is 2. The standard InChI is InChI=1S/C17H16N2O6/c1-11-14(4-3-5-15(11)19(22)23)17(21)25-10-16(20)18-12-6-8-13(24-2)9-7-12/h3-9H,10H2,1-2H3,(H,18,20). The summed E-state index contributed by atoms with van der Waals surface area (Å²) in [7, 11) is 1.53. The molecule has 0 atom stereocenters. The third-order valence-electron chi connectivity index (χ3n) is 3.43. The summed E-state index contributed by atoms with van der Waals surface area (Å²) in [6.45, 7) is 0.944. The number of methoxy groups -OCH3 is 1. The first-order valence-corrected chi connectivity index (χ1v) is 7.27. The van der Waals surface area contributed by atoms with Crippen molar-refractivity contribution in [2.45, 2.75) is 6.92 Å². The summed E-state index contributed by atoms with van der Waals surface area (Å²) in [6.07, 6.45) is 0. The van der Waals surface area contributed by atoms with Crippen LogP contribution in [-0.4, -0.2) is 30.5 Å².